The SMILES string of the molecule is COc1ccc(OC)c(CC(=O)N2CCCC(c3ccnc4cc(C)nn34)C2)c1. The summed E-state index contributed by atoms with van der Waals surface area (Å²) in [6, 6.07) is 9.54. The molecule has 29 heavy (non-hydrogen) atoms. The molecule has 0 saturated carbocycles. The number of carbonyl (C=O) groups excluding carboxylic acids is 1. The van der Waals surface area contributed by atoms with Crippen molar-refractivity contribution in [3.8, 4) is 11.5 Å². The molecule has 1 aromatic carbocycles. The largest absolute Gasteiger partial charge is 0.497 e. The quantitative estimate of drug-likeness (QED) is 0.665. The molecule has 1 aliphatic rings. The van der Waals surface area contributed by atoms with Crippen molar-refractivity contribution in [1.82, 2.24) is 19.5 Å². The van der Waals surface area contributed by atoms with E-state index in [0.717, 1.165) is 47.7 Å². The topological polar surface area (TPSA) is 69.0 Å². The Morgan fingerprint density at radius 1 is 1.21 bits per heavy atom. The molecule has 0 radical (unpaired) electrons. The van der Waals surface area contributed by atoms with Crippen molar-refractivity contribution in [3.05, 3.63) is 53.5 Å². The first-order chi connectivity index (χ1) is 14.1. The molecular formula is C22H26N4O3. The average Bonchev–Trinajstić information content (AvgIpc) is 3.13. The monoisotopic (exact) mass is 394 g/mol. The Labute approximate surface area is 170 Å². The second kappa shape index (κ2) is 8.11. The number of amides is 1. The third-order valence-corrected chi connectivity index (χ3v) is 5.53. The van der Waals surface area contributed by atoms with Gasteiger partial charge in [-0.05, 0) is 44.0 Å². The summed E-state index contributed by atoms with van der Waals surface area (Å²) in [6.07, 6.45) is 4.12. The van der Waals surface area contributed by atoms with Crippen LogP contribution in [0.5, 0.6) is 11.5 Å². The number of methoxy groups -OCH3 is 2. The van der Waals surface area contributed by atoms with E-state index in [-0.39, 0.29) is 11.8 Å². The van der Waals surface area contributed by atoms with Gasteiger partial charge in [-0.2, -0.15) is 5.10 Å². The molecule has 3 aromatic rings. The highest BCUT2D eigenvalue weighted by molar-refractivity contribution is 5.80. The van der Waals surface area contributed by atoms with Gasteiger partial charge >= 0.3 is 0 Å². The van der Waals surface area contributed by atoms with Crippen molar-refractivity contribution >= 4 is 11.6 Å². The van der Waals surface area contributed by atoms with Gasteiger partial charge < -0.3 is 14.4 Å². The lowest BCUT2D eigenvalue weighted by molar-refractivity contribution is -0.131. The Kier molecular flexibility index (Phi) is 5.38. The smallest absolute Gasteiger partial charge is 0.227 e. The number of piperidine rings is 1. The van der Waals surface area contributed by atoms with Crippen molar-refractivity contribution in [1.29, 1.82) is 0 Å². The molecule has 0 spiro atoms. The van der Waals surface area contributed by atoms with Crippen LogP contribution in [0.3, 0.4) is 0 Å². The third kappa shape index (κ3) is 3.90. The number of likely N-dealkylation sites (tertiary alicyclic amines) is 1. The van der Waals surface area contributed by atoms with Crippen LogP contribution >= 0.6 is 0 Å². The zero-order valence-electron chi connectivity index (χ0n) is 17.1. The third-order valence-electron chi connectivity index (χ3n) is 5.53. The average molecular weight is 394 g/mol. The first-order valence-corrected chi connectivity index (χ1v) is 9.89. The highest BCUT2D eigenvalue weighted by atomic mass is 16.5. The first kappa shape index (κ1) is 19.2. The maximum atomic E-state index is 13.1. The zero-order chi connectivity index (χ0) is 20.4. The molecule has 3 heterocycles. The molecule has 152 valence electrons. The maximum Gasteiger partial charge on any atom is 0.227 e. The summed E-state index contributed by atoms with van der Waals surface area (Å²) in [6.45, 7) is 3.42. The zero-order valence-corrected chi connectivity index (χ0v) is 17.1. The number of nitrogens with zero attached hydrogens (tertiary/aromatic N) is 4. The Balaban J connectivity index is 1.53. The van der Waals surface area contributed by atoms with Crippen molar-refractivity contribution in [2.24, 2.45) is 0 Å². The van der Waals surface area contributed by atoms with Crippen LogP contribution in [0.1, 0.15) is 35.7 Å². The number of fused-ring (bicyclic) bond motifs is 1. The van der Waals surface area contributed by atoms with E-state index in [1.807, 2.05) is 52.9 Å². The summed E-state index contributed by atoms with van der Waals surface area (Å²) in [7, 11) is 3.24. The van der Waals surface area contributed by atoms with Crippen LogP contribution in [0.25, 0.3) is 5.65 Å². The van der Waals surface area contributed by atoms with Crippen LogP contribution < -0.4 is 9.47 Å². The van der Waals surface area contributed by atoms with E-state index in [9.17, 15) is 4.79 Å². The summed E-state index contributed by atoms with van der Waals surface area (Å²) in [5, 5.41) is 4.59. The Morgan fingerprint density at radius 2 is 2.07 bits per heavy atom. The van der Waals surface area contributed by atoms with Gasteiger partial charge in [0.05, 0.1) is 32.0 Å². The Hall–Kier alpha value is -3.09. The van der Waals surface area contributed by atoms with Gasteiger partial charge in [0.25, 0.3) is 0 Å². The highest BCUT2D eigenvalue weighted by Gasteiger charge is 2.27. The van der Waals surface area contributed by atoms with Gasteiger partial charge in [0.15, 0.2) is 5.65 Å². The lowest BCUT2D eigenvalue weighted by atomic mass is 9.94. The van der Waals surface area contributed by atoms with Crippen LogP contribution in [0, 0.1) is 6.92 Å². The van der Waals surface area contributed by atoms with Crippen molar-refractivity contribution in [2.75, 3.05) is 27.3 Å². The number of carbonyl (C=O) groups is 1. The van der Waals surface area contributed by atoms with Crippen LogP contribution in [0.2, 0.25) is 0 Å². The molecule has 1 unspecified atom stereocenters. The molecule has 1 saturated heterocycles. The van der Waals surface area contributed by atoms with Crippen LogP contribution in [-0.4, -0.2) is 52.7 Å². The van der Waals surface area contributed by atoms with Gasteiger partial charge in [0.2, 0.25) is 5.91 Å². The van der Waals surface area contributed by atoms with Crippen LogP contribution in [0.4, 0.5) is 0 Å². The van der Waals surface area contributed by atoms with E-state index in [4.69, 9.17) is 9.47 Å². The second-order valence-electron chi connectivity index (χ2n) is 7.46. The lowest BCUT2D eigenvalue weighted by Crippen LogP contribution is -2.40. The Bertz CT molecular complexity index is 1030. The molecule has 7 heteroatoms. The second-order valence-corrected chi connectivity index (χ2v) is 7.46. The van der Waals surface area contributed by atoms with Gasteiger partial charge in [-0.3, -0.25) is 4.79 Å². The molecule has 0 aliphatic carbocycles. The molecule has 1 amide bonds. The van der Waals surface area contributed by atoms with E-state index >= 15 is 0 Å². The predicted octanol–water partition coefficient (Wildman–Crippen LogP) is 3.00. The van der Waals surface area contributed by atoms with Crippen LogP contribution in [-0.2, 0) is 11.2 Å². The number of hydrogen-bond acceptors (Lipinski definition) is 5. The molecular weight excluding hydrogens is 368 g/mol. The molecule has 1 aliphatic heterocycles. The van der Waals surface area contributed by atoms with Crippen molar-refractivity contribution in [3.63, 3.8) is 0 Å². The number of hydrogen-bond donors (Lipinski definition) is 0. The fourth-order valence-electron chi connectivity index (χ4n) is 4.08. The first-order valence-electron chi connectivity index (χ1n) is 9.89. The fourth-order valence-corrected chi connectivity index (χ4v) is 4.08. The van der Waals surface area contributed by atoms with Gasteiger partial charge in [-0.1, -0.05) is 0 Å². The molecule has 7 nitrogen and oxygen atoms in total. The van der Waals surface area contributed by atoms with E-state index in [1.165, 1.54) is 0 Å². The van der Waals surface area contributed by atoms with Gasteiger partial charge in [0.1, 0.15) is 11.5 Å². The van der Waals surface area contributed by atoms with Gasteiger partial charge in [-0.25, -0.2) is 9.50 Å². The normalized spacial score (nSPS) is 16.8. The standard InChI is InChI=1S/C22H26N4O3/c1-15-11-21-23-9-8-19(26(21)24-15)16-5-4-10-25(14-16)22(27)13-17-12-18(28-2)6-7-20(17)29-3/h6-9,11-12,16H,4-5,10,13-14H2,1-3H3. The fraction of sp³-hybridized carbons (Fsp3) is 0.409. The van der Waals surface area contributed by atoms with E-state index in [2.05, 4.69) is 10.1 Å². The van der Waals surface area contributed by atoms with Crippen molar-refractivity contribution < 1.29 is 14.3 Å². The molecule has 4 rings (SSSR count). The number of aryl methyl sites for hydroxylation is 1. The molecule has 1 fully saturated rings. The lowest BCUT2D eigenvalue weighted by Gasteiger charge is -2.33. The minimum absolute atomic E-state index is 0.100. The summed E-state index contributed by atoms with van der Waals surface area (Å²) < 4.78 is 12.6. The maximum absolute atomic E-state index is 13.1. The number of ether oxygens (including phenoxy) is 2. The summed E-state index contributed by atoms with van der Waals surface area (Å²) >= 11 is 0. The summed E-state index contributed by atoms with van der Waals surface area (Å²) in [5.41, 5.74) is 3.75. The predicted molar refractivity (Wildman–Crippen MR) is 110 cm³/mol. The van der Waals surface area contributed by atoms with Crippen molar-refractivity contribution in [2.45, 2.75) is 32.1 Å². The van der Waals surface area contributed by atoms with E-state index in [1.54, 1.807) is 14.2 Å². The number of aromatic nitrogens is 3. The highest BCUT2D eigenvalue weighted by Crippen LogP contribution is 2.29. The minimum atomic E-state index is 0.100. The molecule has 0 bridgehead atoms. The van der Waals surface area contributed by atoms with E-state index in [0.29, 0.717) is 18.7 Å². The van der Waals surface area contributed by atoms with Gasteiger partial charge in [-0.15, -0.1) is 0 Å². The molecule has 1 atom stereocenters. The van der Waals surface area contributed by atoms with E-state index < -0.39 is 0 Å². The summed E-state index contributed by atoms with van der Waals surface area (Å²) in [4.78, 5) is 19.4. The van der Waals surface area contributed by atoms with Crippen LogP contribution in [0.15, 0.2) is 36.5 Å². The number of benzene rings is 1. The molecule has 2 aromatic heterocycles. The number of rotatable bonds is 5. The Morgan fingerprint density at radius 3 is 2.86 bits per heavy atom. The van der Waals surface area contributed by atoms with Gasteiger partial charge in [0, 0.05) is 36.8 Å². The molecule has 0 N–H and O–H groups in total. The minimum Gasteiger partial charge on any atom is -0.497 e. The summed E-state index contributed by atoms with van der Waals surface area (Å²) in [5.74, 6) is 1.77.